The molecular formula is C27H35N3O6. The summed E-state index contributed by atoms with van der Waals surface area (Å²) in [7, 11) is 0. The van der Waals surface area contributed by atoms with Crippen LogP contribution in [0.5, 0.6) is 11.5 Å². The molecule has 2 aliphatic heterocycles. The van der Waals surface area contributed by atoms with Gasteiger partial charge in [-0.15, -0.1) is 0 Å². The Bertz CT molecular complexity index is 1020. The maximum Gasteiger partial charge on any atom is 0.242 e. The number of hydrogen-bond donors (Lipinski definition) is 0. The molecule has 194 valence electrons. The number of amides is 2. The molecule has 3 heterocycles. The highest BCUT2D eigenvalue weighted by atomic mass is 16.7. The molecule has 0 bridgehead atoms. The van der Waals surface area contributed by atoms with Crippen LogP contribution in [0.2, 0.25) is 0 Å². The second-order valence-corrected chi connectivity index (χ2v) is 9.71. The number of rotatable bonds is 11. The Labute approximate surface area is 211 Å². The Morgan fingerprint density at radius 3 is 2.58 bits per heavy atom. The van der Waals surface area contributed by atoms with Gasteiger partial charge in [-0.1, -0.05) is 12.5 Å². The number of hydrogen-bond acceptors (Lipinski definition) is 7. The molecule has 0 N–H and O–H groups in total. The van der Waals surface area contributed by atoms with Gasteiger partial charge in [0.15, 0.2) is 11.5 Å². The van der Waals surface area contributed by atoms with Gasteiger partial charge in [0.2, 0.25) is 18.6 Å². The standard InChI is InChI=1S/C27H35N3O6/c31-26(19-29(27(32)22-4-1-5-22)10-3-9-28-11-14-33-15-12-28)30(18-23-6-2-13-34-23)17-21-7-8-24-25(16-21)36-20-35-24/h2,6-8,13,16,22H,1,3-5,9-12,14-15,17-20H2. The minimum Gasteiger partial charge on any atom is -0.467 e. The molecule has 2 fully saturated rings. The van der Waals surface area contributed by atoms with Crippen LogP contribution < -0.4 is 9.47 Å². The maximum absolute atomic E-state index is 13.6. The predicted octanol–water partition coefficient (Wildman–Crippen LogP) is 2.89. The number of carbonyl (C=O) groups excluding carboxylic acids is 2. The van der Waals surface area contributed by atoms with Crippen LogP contribution in [0.1, 0.15) is 37.0 Å². The van der Waals surface area contributed by atoms with E-state index >= 15 is 0 Å². The number of morpholine rings is 1. The summed E-state index contributed by atoms with van der Waals surface area (Å²) in [6.45, 7) is 5.82. The number of ether oxygens (including phenoxy) is 3. The number of benzene rings is 1. The van der Waals surface area contributed by atoms with E-state index in [9.17, 15) is 9.59 Å². The summed E-state index contributed by atoms with van der Waals surface area (Å²) in [6, 6.07) is 9.39. The zero-order valence-corrected chi connectivity index (χ0v) is 20.7. The van der Waals surface area contributed by atoms with Crippen molar-refractivity contribution >= 4 is 11.8 Å². The van der Waals surface area contributed by atoms with Crippen LogP contribution in [-0.4, -0.2) is 79.2 Å². The average molecular weight is 498 g/mol. The van der Waals surface area contributed by atoms with Crippen molar-refractivity contribution in [3.8, 4) is 11.5 Å². The monoisotopic (exact) mass is 497 g/mol. The van der Waals surface area contributed by atoms with Gasteiger partial charge in [0.05, 0.1) is 32.6 Å². The van der Waals surface area contributed by atoms with E-state index in [0.717, 1.165) is 64.1 Å². The molecule has 0 atom stereocenters. The van der Waals surface area contributed by atoms with E-state index in [1.165, 1.54) is 0 Å². The second kappa shape index (κ2) is 11.8. The fourth-order valence-electron chi connectivity index (χ4n) is 4.84. The molecule has 9 nitrogen and oxygen atoms in total. The first kappa shape index (κ1) is 24.6. The summed E-state index contributed by atoms with van der Waals surface area (Å²) in [5.74, 6) is 2.16. The van der Waals surface area contributed by atoms with Crippen LogP contribution in [0, 0.1) is 5.92 Å². The van der Waals surface area contributed by atoms with Crippen molar-refractivity contribution in [1.82, 2.24) is 14.7 Å². The molecule has 1 aromatic heterocycles. The summed E-state index contributed by atoms with van der Waals surface area (Å²) in [6.07, 6.45) is 5.37. The summed E-state index contributed by atoms with van der Waals surface area (Å²) >= 11 is 0. The van der Waals surface area contributed by atoms with Gasteiger partial charge in [0.1, 0.15) is 5.76 Å². The quantitative estimate of drug-likeness (QED) is 0.472. The van der Waals surface area contributed by atoms with Crippen LogP contribution in [-0.2, 0) is 27.4 Å². The van der Waals surface area contributed by atoms with Crippen LogP contribution >= 0.6 is 0 Å². The lowest BCUT2D eigenvalue weighted by molar-refractivity contribution is -0.145. The zero-order valence-electron chi connectivity index (χ0n) is 20.7. The summed E-state index contributed by atoms with van der Waals surface area (Å²) < 4.78 is 21.9. The van der Waals surface area contributed by atoms with Gasteiger partial charge in [0.25, 0.3) is 0 Å². The van der Waals surface area contributed by atoms with Crippen molar-refractivity contribution in [2.75, 3.05) is 52.7 Å². The third-order valence-electron chi connectivity index (χ3n) is 7.19. The molecule has 36 heavy (non-hydrogen) atoms. The zero-order chi connectivity index (χ0) is 24.7. The number of nitrogens with zero attached hydrogens (tertiary/aromatic N) is 3. The van der Waals surface area contributed by atoms with Gasteiger partial charge in [0, 0.05) is 38.6 Å². The molecule has 0 spiro atoms. The number of fused-ring (bicyclic) bond motifs is 1. The first-order valence-electron chi connectivity index (χ1n) is 12.9. The van der Waals surface area contributed by atoms with Gasteiger partial charge >= 0.3 is 0 Å². The Morgan fingerprint density at radius 1 is 1.00 bits per heavy atom. The highest BCUT2D eigenvalue weighted by Crippen LogP contribution is 2.33. The number of furan rings is 1. The largest absolute Gasteiger partial charge is 0.467 e. The van der Waals surface area contributed by atoms with Crippen molar-refractivity contribution in [2.45, 2.75) is 38.8 Å². The van der Waals surface area contributed by atoms with Crippen molar-refractivity contribution in [1.29, 1.82) is 0 Å². The Balaban J connectivity index is 1.26. The highest BCUT2D eigenvalue weighted by Gasteiger charge is 2.31. The van der Waals surface area contributed by atoms with E-state index in [0.29, 0.717) is 36.9 Å². The van der Waals surface area contributed by atoms with Crippen molar-refractivity contribution < 1.29 is 28.2 Å². The van der Waals surface area contributed by atoms with Gasteiger partial charge < -0.3 is 28.4 Å². The summed E-state index contributed by atoms with van der Waals surface area (Å²) in [5, 5.41) is 0. The van der Waals surface area contributed by atoms with E-state index in [-0.39, 0.29) is 31.1 Å². The SMILES string of the molecule is O=C(CN(CCCN1CCOCC1)C(=O)C1CCC1)N(Cc1ccc2c(c1)OCO2)Cc1ccco1. The van der Waals surface area contributed by atoms with Gasteiger partial charge in [-0.2, -0.15) is 0 Å². The highest BCUT2D eigenvalue weighted by molar-refractivity contribution is 5.86. The first-order valence-corrected chi connectivity index (χ1v) is 12.9. The summed E-state index contributed by atoms with van der Waals surface area (Å²) in [5.41, 5.74) is 0.934. The van der Waals surface area contributed by atoms with E-state index in [1.807, 2.05) is 30.3 Å². The average Bonchev–Trinajstić information content (AvgIpc) is 3.54. The topological polar surface area (TPSA) is 84.7 Å². The van der Waals surface area contributed by atoms with Crippen molar-refractivity contribution in [3.05, 3.63) is 47.9 Å². The molecule has 9 heteroatoms. The minimum absolute atomic E-state index is 0.0496. The van der Waals surface area contributed by atoms with Crippen molar-refractivity contribution in [2.24, 2.45) is 5.92 Å². The number of carbonyl (C=O) groups is 2. The van der Waals surface area contributed by atoms with Crippen molar-refractivity contribution in [3.63, 3.8) is 0 Å². The lowest BCUT2D eigenvalue weighted by atomic mass is 9.84. The maximum atomic E-state index is 13.6. The lowest BCUT2D eigenvalue weighted by Gasteiger charge is -2.34. The molecule has 0 unspecified atom stereocenters. The predicted molar refractivity (Wildman–Crippen MR) is 131 cm³/mol. The molecule has 1 aromatic carbocycles. The lowest BCUT2D eigenvalue weighted by Crippen LogP contribution is -2.47. The summed E-state index contributed by atoms with van der Waals surface area (Å²) in [4.78, 5) is 32.8. The molecule has 1 aliphatic carbocycles. The molecule has 2 aromatic rings. The van der Waals surface area contributed by atoms with E-state index < -0.39 is 0 Å². The van der Waals surface area contributed by atoms with E-state index in [2.05, 4.69) is 4.90 Å². The third kappa shape index (κ3) is 6.20. The fraction of sp³-hybridized carbons (Fsp3) is 0.556. The Kier molecular flexibility index (Phi) is 8.08. The van der Waals surface area contributed by atoms with Gasteiger partial charge in [-0.05, 0) is 49.1 Å². The third-order valence-corrected chi connectivity index (χ3v) is 7.19. The molecule has 5 rings (SSSR count). The minimum atomic E-state index is -0.0943. The smallest absolute Gasteiger partial charge is 0.242 e. The normalized spacial score (nSPS) is 17.6. The Morgan fingerprint density at radius 2 is 1.83 bits per heavy atom. The van der Waals surface area contributed by atoms with E-state index in [1.54, 1.807) is 16.1 Å². The molecular weight excluding hydrogens is 462 g/mol. The first-order chi connectivity index (χ1) is 17.7. The van der Waals surface area contributed by atoms with Gasteiger partial charge in [-0.25, -0.2) is 0 Å². The second-order valence-electron chi connectivity index (χ2n) is 9.71. The van der Waals surface area contributed by atoms with Gasteiger partial charge in [-0.3, -0.25) is 14.5 Å². The Hall–Kier alpha value is -3.04. The molecule has 1 saturated carbocycles. The van der Waals surface area contributed by atoms with Crippen LogP contribution in [0.25, 0.3) is 0 Å². The van der Waals surface area contributed by atoms with Crippen LogP contribution in [0.4, 0.5) is 0 Å². The molecule has 1 saturated heterocycles. The van der Waals surface area contributed by atoms with Crippen LogP contribution in [0.3, 0.4) is 0 Å². The fourth-order valence-corrected chi connectivity index (χ4v) is 4.84. The molecule has 3 aliphatic rings. The molecule has 0 radical (unpaired) electrons. The molecule has 2 amide bonds. The van der Waals surface area contributed by atoms with Crippen LogP contribution in [0.15, 0.2) is 41.0 Å². The van der Waals surface area contributed by atoms with E-state index in [4.69, 9.17) is 18.6 Å².